The number of nitrogens with one attached hydrogen (secondary N) is 2. The number of halogens is 1. The molecule has 0 aliphatic carbocycles. The van der Waals surface area contributed by atoms with Crippen LogP contribution in [0.15, 0.2) is 24.3 Å². The van der Waals surface area contributed by atoms with E-state index in [4.69, 9.17) is 15.2 Å². The lowest BCUT2D eigenvalue weighted by Gasteiger charge is -2.08. The van der Waals surface area contributed by atoms with Crippen molar-refractivity contribution in [2.45, 2.75) is 6.54 Å². The number of nitrogens with two attached hydrogens (primary N) is 1. The minimum absolute atomic E-state index is 0. The van der Waals surface area contributed by atoms with Gasteiger partial charge in [0.05, 0.1) is 19.7 Å². The van der Waals surface area contributed by atoms with E-state index in [-0.39, 0.29) is 37.3 Å². The zero-order valence-corrected chi connectivity index (χ0v) is 13.3. The van der Waals surface area contributed by atoms with E-state index in [1.807, 2.05) is 24.3 Å². The summed E-state index contributed by atoms with van der Waals surface area (Å²) in [6, 6.07) is 7.38. The van der Waals surface area contributed by atoms with Crippen molar-refractivity contribution < 1.29 is 19.1 Å². The van der Waals surface area contributed by atoms with Gasteiger partial charge in [0, 0.05) is 13.7 Å². The van der Waals surface area contributed by atoms with Gasteiger partial charge in [-0.25, -0.2) is 0 Å². The molecule has 2 amide bonds. The van der Waals surface area contributed by atoms with Crippen LogP contribution in [0, 0.1) is 0 Å². The van der Waals surface area contributed by atoms with Gasteiger partial charge < -0.3 is 25.8 Å². The van der Waals surface area contributed by atoms with Gasteiger partial charge in [-0.2, -0.15) is 0 Å². The quantitative estimate of drug-likeness (QED) is 0.545. The summed E-state index contributed by atoms with van der Waals surface area (Å²) < 4.78 is 10.3. The highest BCUT2D eigenvalue weighted by molar-refractivity contribution is 5.85. The molecule has 0 atom stereocenters. The first-order valence-corrected chi connectivity index (χ1v) is 6.60. The van der Waals surface area contributed by atoms with Crippen LogP contribution < -0.4 is 21.1 Å². The number of hydrogen-bond acceptors (Lipinski definition) is 5. The summed E-state index contributed by atoms with van der Waals surface area (Å²) in [5, 5.41) is 5.09. The molecule has 1 aromatic rings. The first kappa shape index (κ1) is 20.2. The Labute approximate surface area is 135 Å². The summed E-state index contributed by atoms with van der Waals surface area (Å²) >= 11 is 0. The monoisotopic (exact) mass is 331 g/mol. The van der Waals surface area contributed by atoms with Crippen LogP contribution in [0.25, 0.3) is 0 Å². The summed E-state index contributed by atoms with van der Waals surface area (Å²) in [7, 11) is 1.62. The smallest absolute Gasteiger partial charge is 0.239 e. The molecule has 22 heavy (non-hydrogen) atoms. The Morgan fingerprint density at radius 2 is 1.77 bits per heavy atom. The van der Waals surface area contributed by atoms with E-state index in [9.17, 15) is 9.59 Å². The highest BCUT2D eigenvalue weighted by Crippen LogP contribution is 2.11. The van der Waals surface area contributed by atoms with Crippen LogP contribution in [0.1, 0.15) is 5.56 Å². The fraction of sp³-hybridized carbons (Fsp3) is 0.429. The van der Waals surface area contributed by atoms with Crippen LogP contribution in [0.5, 0.6) is 5.75 Å². The SMILES string of the molecule is COCCOc1ccc(CNC(=O)CNC(=O)CN)cc1.Cl. The zero-order valence-electron chi connectivity index (χ0n) is 12.5. The molecule has 0 spiro atoms. The predicted octanol–water partition coefficient (Wildman–Crippen LogP) is -0.175. The Hall–Kier alpha value is -1.83. The van der Waals surface area contributed by atoms with Crippen molar-refractivity contribution in [2.24, 2.45) is 5.73 Å². The summed E-state index contributed by atoms with van der Waals surface area (Å²) in [6.07, 6.45) is 0. The molecule has 0 radical (unpaired) electrons. The molecule has 0 aliphatic rings. The summed E-state index contributed by atoms with van der Waals surface area (Å²) in [6.45, 7) is 1.21. The maximum atomic E-state index is 11.5. The van der Waals surface area contributed by atoms with Crippen molar-refractivity contribution in [3.63, 3.8) is 0 Å². The van der Waals surface area contributed by atoms with Gasteiger partial charge in [0.2, 0.25) is 11.8 Å². The van der Waals surface area contributed by atoms with Crippen molar-refractivity contribution in [3.05, 3.63) is 29.8 Å². The second-order valence-electron chi connectivity index (χ2n) is 4.24. The van der Waals surface area contributed by atoms with Crippen molar-refractivity contribution in [3.8, 4) is 5.75 Å². The molecule has 0 unspecified atom stereocenters. The van der Waals surface area contributed by atoms with Crippen LogP contribution in [0.4, 0.5) is 0 Å². The standard InChI is InChI=1S/C14H21N3O4.ClH/c1-20-6-7-21-12-4-2-11(3-5-12)9-16-14(19)10-17-13(18)8-15;/h2-5H,6-10,15H2,1H3,(H,16,19)(H,17,18);1H. The fourth-order valence-electron chi connectivity index (χ4n) is 1.46. The van der Waals surface area contributed by atoms with Crippen molar-refractivity contribution in [1.82, 2.24) is 10.6 Å². The maximum absolute atomic E-state index is 11.5. The van der Waals surface area contributed by atoms with Gasteiger partial charge in [0.15, 0.2) is 0 Å². The van der Waals surface area contributed by atoms with Crippen molar-refractivity contribution in [1.29, 1.82) is 0 Å². The van der Waals surface area contributed by atoms with Gasteiger partial charge in [-0.1, -0.05) is 12.1 Å². The third-order valence-electron chi connectivity index (χ3n) is 2.60. The van der Waals surface area contributed by atoms with Gasteiger partial charge in [-0.3, -0.25) is 9.59 Å². The number of methoxy groups -OCH3 is 1. The van der Waals surface area contributed by atoms with Crippen LogP contribution in [0.2, 0.25) is 0 Å². The van der Waals surface area contributed by atoms with Crippen LogP contribution in [-0.2, 0) is 20.9 Å². The van der Waals surface area contributed by atoms with Gasteiger partial charge in [-0.15, -0.1) is 12.4 Å². The molecular weight excluding hydrogens is 310 g/mol. The van der Waals surface area contributed by atoms with Crippen molar-refractivity contribution in [2.75, 3.05) is 33.4 Å². The zero-order chi connectivity index (χ0) is 15.5. The van der Waals surface area contributed by atoms with E-state index in [0.717, 1.165) is 11.3 Å². The lowest BCUT2D eigenvalue weighted by Crippen LogP contribution is -2.39. The lowest BCUT2D eigenvalue weighted by molar-refractivity contribution is -0.125. The van der Waals surface area contributed by atoms with Crippen LogP contribution >= 0.6 is 12.4 Å². The Morgan fingerprint density at radius 3 is 2.36 bits per heavy atom. The Balaban J connectivity index is 0.00000441. The summed E-state index contributed by atoms with van der Waals surface area (Å²) in [4.78, 5) is 22.4. The van der Waals surface area contributed by atoms with Gasteiger partial charge in [-0.05, 0) is 17.7 Å². The Kier molecular flexibility index (Phi) is 10.8. The molecule has 0 heterocycles. The van der Waals surface area contributed by atoms with E-state index in [0.29, 0.717) is 19.8 Å². The van der Waals surface area contributed by atoms with Gasteiger partial charge in [0.25, 0.3) is 0 Å². The van der Waals surface area contributed by atoms with E-state index >= 15 is 0 Å². The predicted molar refractivity (Wildman–Crippen MR) is 85.0 cm³/mol. The number of ether oxygens (including phenoxy) is 2. The third kappa shape index (κ3) is 8.46. The lowest BCUT2D eigenvalue weighted by atomic mass is 10.2. The molecule has 0 saturated heterocycles. The van der Waals surface area contributed by atoms with E-state index < -0.39 is 0 Å². The number of benzene rings is 1. The second kappa shape index (κ2) is 11.8. The molecule has 1 rings (SSSR count). The minimum Gasteiger partial charge on any atom is -0.491 e. The molecule has 0 aromatic heterocycles. The highest BCUT2D eigenvalue weighted by Gasteiger charge is 2.03. The fourth-order valence-corrected chi connectivity index (χ4v) is 1.46. The highest BCUT2D eigenvalue weighted by atomic mass is 35.5. The Bertz CT molecular complexity index is 454. The number of carbonyl (C=O) groups excluding carboxylic acids is 2. The molecule has 124 valence electrons. The van der Waals surface area contributed by atoms with E-state index in [1.54, 1.807) is 7.11 Å². The number of amides is 2. The molecule has 7 nitrogen and oxygen atoms in total. The summed E-state index contributed by atoms with van der Waals surface area (Å²) in [5.74, 6) is 0.122. The van der Waals surface area contributed by atoms with E-state index in [2.05, 4.69) is 10.6 Å². The minimum atomic E-state index is -0.359. The number of hydrogen-bond donors (Lipinski definition) is 3. The molecule has 8 heteroatoms. The third-order valence-corrected chi connectivity index (χ3v) is 2.60. The maximum Gasteiger partial charge on any atom is 0.239 e. The number of carbonyl (C=O) groups is 2. The normalized spacial score (nSPS) is 9.55. The molecular formula is C14H22ClN3O4. The average Bonchev–Trinajstić information content (AvgIpc) is 2.52. The first-order chi connectivity index (χ1) is 10.2. The van der Waals surface area contributed by atoms with E-state index in [1.165, 1.54) is 0 Å². The number of rotatable bonds is 9. The molecule has 1 aromatic carbocycles. The first-order valence-electron chi connectivity index (χ1n) is 6.60. The second-order valence-corrected chi connectivity index (χ2v) is 4.24. The summed E-state index contributed by atoms with van der Waals surface area (Å²) in [5.41, 5.74) is 6.06. The molecule has 0 fully saturated rings. The molecule has 0 aliphatic heterocycles. The van der Waals surface area contributed by atoms with Crippen molar-refractivity contribution >= 4 is 24.2 Å². The average molecular weight is 332 g/mol. The van der Waals surface area contributed by atoms with Crippen LogP contribution in [0.3, 0.4) is 0 Å². The molecule has 0 bridgehead atoms. The van der Waals surface area contributed by atoms with Crippen LogP contribution in [-0.4, -0.2) is 45.2 Å². The topological polar surface area (TPSA) is 103 Å². The molecule has 4 N–H and O–H groups in total. The molecule has 0 saturated carbocycles. The Morgan fingerprint density at radius 1 is 1.09 bits per heavy atom. The van der Waals surface area contributed by atoms with Gasteiger partial charge in [0.1, 0.15) is 12.4 Å². The largest absolute Gasteiger partial charge is 0.491 e. The van der Waals surface area contributed by atoms with Gasteiger partial charge >= 0.3 is 0 Å².